The van der Waals surface area contributed by atoms with Crippen molar-refractivity contribution in [1.29, 1.82) is 0 Å². The molecule has 0 radical (unpaired) electrons. The van der Waals surface area contributed by atoms with Crippen molar-refractivity contribution in [2.24, 2.45) is 5.92 Å². The summed E-state index contributed by atoms with van der Waals surface area (Å²) in [6.45, 7) is 2.10. The number of fused-ring (bicyclic) bond motifs is 1. The Kier molecular flexibility index (Phi) is 2.12. The second kappa shape index (κ2) is 3.15. The molecule has 13 heavy (non-hydrogen) atoms. The molecule has 1 aliphatic rings. The molecule has 0 amide bonds. The molecule has 0 unspecified atom stereocenters. The highest BCUT2D eigenvalue weighted by molar-refractivity contribution is 6.30. The summed E-state index contributed by atoms with van der Waals surface area (Å²) in [4.78, 5) is 11.6. The Morgan fingerprint density at radius 1 is 1.38 bits per heavy atom. The molecular weight excluding hydrogens is 184 g/mol. The van der Waals surface area contributed by atoms with Crippen LogP contribution in [-0.4, -0.2) is 5.78 Å². The zero-order chi connectivity index (χ0) is 9.42. The fraction of sp³-hybridized carbons (Fsp3) is 0.364. The normalized spacial score (nSPS) is 21.4. The van der Waals surface area contributed by atoms with Crippen LogP contribution in [0.2, 0.25) is 5.02 Å². The van der Waals surface area contributed by atoms with Gasteiger partial charge in [-0.05, 0) is 36.1 Å². The van der Waals surface area contributed by atoms with E-state index in [-0.39, 0.29) is 5.78 Å². The third-order valence-corrected chi connectivity index (χ3v) is 2.71. The van der Waals surface area contributed by atoms with Gasteiger partial charge in [0.25, 0.3) is 0 Å². The number of halogens is 1. The Morgan fingerprint density at radius 2 is 2.15 bits per heavy atom. The molecule has 0 aliphatic heterocycles. The lowest BCUT2D eigenvalue weighted by atomic mass is 9.84. The maximum Gasteiger partial charge on any atom is 0.163 e. The van der Waals surface area contributed by atoms with E-state index in [9.17, 15) is 4.79 Å². The number of carbonyl (C=O) groups excluding carboxylic acids is 1. The van der Waals surface area contributed by atoms with E-state index in [2.05, 4.69) is 6.92 Å². The number of carbonyl (C=O) groups is 1. The zero-order valence-electron chi connectivity index (χ0n) is 7.51. The van der Waals surface area contributed by atoms with E-state index in [1.165, 1.54) is 0 Å². The van der Waals surface area contributed by atoms with Crippen LogP contribution in [0.4, 0.5) is 0 Å². The van der Waals surface area contributed by atoms with Crippen molar-refractivity contribution in [2.45, 2.75) is 19.8 Å². The second-order valence-electron chi connectivity index (χ2n) is 3.74. The van der Waals surface area contributed by atoms with Gasteiger partial charge < -0.3 is 0 Å². The zero-order valence-corrected chi connectivity index (χ0v) is 8.27. The summed E-state index contributed by atoms with van der Waals surface area (Å²) in [5.41, 5.74) is 1.97. The van der Waals surface area contributed by atoms with Crippen molar-refractivity contribution in [2.75, 3.05) is 0 Å². The molecule has 1 atom stereocenters. The van der Waals surface area contributed by atoms with Gasteiger partial charge in [-0.1, -0.05) is 18.5 Å². The van der Waals surface area contributed by atoms with Crippen LogP contribution >= 0.6 is 11.6 Å². The smallest absolute Gasteiger partial charge is 0.163 e. The first-order chi connectivity index (χ1) is 6.16. The van der Waals surface area contributed by atoms with Gasteiger partial charge in [0.1, 0.15) is 0 Å². The van der Waals surface area contributed by atoms with Crippen molar-refractivity contribution in [3.8, 4) is 0 Å². The van der Waals surface area contributed by atoms with E-state index in [0.717, 1.165) is 22.6 Å². The van der Waals surface area contributed by atoms with Crippen LogP contribution in [0.5, 0.6) is 0 Å². The number of benzene rings is 1. The summed E-state index contributed by atoms with van der Waals surface area (Å²) in [5, 5.41) is 0.723. The molecule has 0 spiro atoms. The minimum absolute atomic E-state index is 0.255. The first-order valence-corrected chi connectivity index (χ1v) is 4.86. The summed E-state index contributed by atoms with van der Waals surface area (Å²) >= 11 is 5.86. The first kappa shape index (κ1) is 8.76. The number of rotatable bonds is 0. The van der Waals surface area contributed by atoms with E-state index >= 15 is 0 Å². The number of Topliss-reactive ketones (excluding diaryl/α,β-unsaturated/α-hetero) is 1. The van der Waals surface area contributed by atoms with Crippen molar-refractivity contribution < 1.29 is 4.79 Å². The largest absolute Gasteiger partial charge is 0.294 e. The van der Waals surface area contributed by atoms with E-state index in [4.69, 9.17) is 11.6 Å². The van der Waals surface area contributed by atoms with E-state index in [1.807, 2.05) is 12.1 Å². The van der Waals surface area contributed by atoms with Crippen LogP contribution in [0.25, 0.3) is 0 Å². The molecule has 0 saturated heterocycles. The van der Waals surface area contributed by atoms with Crippen LogP contribution in [-0.2, 0) is 6.42 Å². The summed E-state index contributed by atoms with van der Waals surface area (Å²) in [5.74, 6) is 0.712. The summed E-state index contributed by atoms with van der Waals surface area (Å²) in [6, 6.07) is 5.53. The van der Waals surface area contributed by atoms with Gasteiger partial charge >= 0.3 is 0 Å². The second-order valence-corrected chi connectivity index (χ2v) is 4.17. The Bertz CT molecular complexity index is 357. The van der Waals surface area contributed by atoms with Crippen molar-refractivity contribution in [3.63, 3.8) is 0 Å². The third-order valence-electron chi connectivity index (χ3n) is 2.47. The fourth-order valence-electron chi connectivity index (χ4n) is 1.88. The molecular formula is C11H11ClO. The Morgan fingerprint density at radius 3 is 2.92 bits per heavy atom. The van der Waals surface area contributed by atoms with Crippen LogP contribution < -0.4 is 0 Å². The third kappa shape index (κ3) is 1.61. The van der Waals surface area contributed by atoms with Gasteiger partial charge in [-0.15, -0.1) is 0 Å². The van der Waals surface area contributed by atoms with Crippen LogP contribution in [0.3, 0.4) is 0 Å². The minimum Gasteiger partial charge on any atom is -0.294 e. The van der Waals surface area contributed by atoms with E-state index in [1.54, 1.807) is 6.07 Å². The average molecular weight is 195 g/mol. The summed E-state index contributed by atoms with van der Waals surface area (Å²) in [6.07, 6.45) is 1.65. The van der Waals surface area contributed by atoms with Gasteiger partial charge in [0.2, 0.25) is 0 Å². The van der Waals surface area contributed by atoms with Gasteiger partial charge in [0.05, 0.1) is 0 Å². The highest BCUT2D eigenvalue weighted by atomic mass is 35.5. The molecule has 2 heteroatoms. The maximum absolute atomic E-state index is 11.6. The number of hydrogen-bond donors (Lipinski definition) is 0. The van der Waals surface area contributed by atoms with Gasteiger partial charge in [-0.2, -0.15) is 0 Å². The first-order valence-electron chi connectivity index (χ1n) is 4.48. The molecule has 1 aromatic carbocycles. The molecule has 0 N–H and O–H groups in total. The van der Waals surface area contributed by atoms with Gasteiger partial charge in [0.15, 0.2) is 5.78 Å². The van der Waals surface area contributed by atoms with Crippen LogP contribution in [0.15, 0.2) is 18.2 Å². The minimum atomic E-state index is 0.255. The molecule has 1 nitrogen and oxygen atoms in total. The molecule has 68 valence electrons. The highest BCUT2D eigenvalue weighted by Gasteiger charge is 2.21. The lowest BCUT2D eigenvalue weighted by Gasteiger charge is -2.20. The quantitative estimate of drug-likeness (QED) is 0.620. The molecule has 0 aromatic heterocycles. The molecule has 0 bridgehead atoms. The maximum atomic E-state index is 11.6. The van der Waals surface area contributed by atoms with Crippen LogP contribution in [0, 0.1) is 5.92 Å². The van der Waals surface area contributed by atoms with Gasteiger partial charge in [0, 0.05) is 17.0 Å². The number of hydrogen-bond acceptors (Lipinski definition) is 1. The van der Waals surface area contributed by atoms with Gasteiger partial charge in [-0.25, -0.2) is 0 Å². The van der Waals surface area contributed by atoms with E-state index in [0.29, 0.717) is 12.3 Å². The standard InChI is InChI=1S/C11H11ClO/c1-7-4-8-6-9(12)2-3-10(8)11(13)5-7/h2-3,6-7H,4-5H2,1H3/t7-/m1/s1. The van der Waals surface area contributed by atoms with Crippen molar-refractivity contribution in [1.82, 2.24) is 0 Å². The molecule has 1 aromatic rings. The van der Waals surface area contributed by atoms with E-state index < -0.39 is 0 Å². The monoisotopic (exact) mass is 194 g/mol. The highest BCUT2D eigenvalue weighted by Crippen LogP contribution is 2.27. The van der Waals surface area contributed by atoms with Crippen molar-refractivity contribution in [3.05, 3.63) is 34.3 Å². The average Bonchev–Trinajstić information content (AvgIpc) is 2.02. The topological polar surface area (TPSA) is 17.1 Å². The van der Waals surface area contributed by atoms with Gasteiger partial charge in [-0.3, -0.25) is 4.79 Å². The Hall–Kier alpha value is -0.820. The number of ketones is 1. The molecule has 0 saturated carbocycles. The lowest BCUT2D eigenvalue weighted by Crippen LogP contribution is -2.17. The fourth-order valence-corrected chi connectivity index (χ4v) is 2.07. The molecule has 1 aliphatic carbocycles. The van der Waals surface area contributed by atoms with Crippen LogP contribution in [0.1, 0.15) is 29.3 Å². The summed E-state index contributed by atoms with van der Waals surface area (Å²) in [7, 11) is 0. The predicted molar refractivity (Wildman–Crippen MR) is 53.3 cm³/mol. The summed E-state index contributed by atoms with van der Waals surface area (Å²) < 4.78 is 0. The SMILES string of the molecule is C[C@H]1CC(=O)c2ccc(Cl)cc2C1. The molecule has 2 rings (SSSR count). The molecule has 0 fully saturated rings. The Balaban J connectivity index is 2.49. The lowest BCUT2D eigenvalue weighted by molar-refractivity contribution is 0.0953. The van der Waals surface area contributed by atoms with Crippen molar-refractivity contribution >= 4 is 17.4 Å². The molecule has 0 heterocycles. The Labute approximate surface area is 82.7 Å². The predicted octanol–water partition coefficient (Wildman–Crippen LogP) is 3.11.